The van der Waals surface area contributed by atoms with Gasteiger partial charge in [-0.05, 0) is 18.6 Å². The predicted molar refractivity (Wildman–Crippen MR) is 52.3 cm³/mol. The Labute approximate surface area is 91.0 Å². The summed E-state index contributed by atoms with van der Waals surface area (Å²) in [5, 5.41) is 4.65. The second kappa shape index (κ2) is 4.18. The first-order valence-electron chi connectivity index (χ1n) is 4.85. The molecule has 0 bridgehead atoms. The Balaban J connectivity index is 1.97. The van der Waals surface area contributed by atoms with Gasteiger partial charge in [0.15, 0.2) is 5.76 Å². The zero-order chi connectivity index (χ0) is 11.5. The van der Waals surface area contributed by atoms with Crippen LogP contribution in [0.2, 0.25) is 0 Å². The zero-order valence-corrected chi connectivity index (χ0v) is 8.36. The highest BCUT2D eigenvalue weighted by Crippen LogP contribution is 2.06. The highest BCUT2D eigenvalue weighted by molar-refractivity contribution is 6.03. The smallest absolute Gasteiger partial charge is 0.287 e. The highest BCUT2D eigenvalue weighted by Gasteiger charge is 2.28. The summed E-state index contributed by atoms with van der Waals surface area (Å²) in [6, 6.07) is 2.41. The molecule has 6 nitrogen and oxygen atoms in total. The number of nitrogens with one attached hydrogen (secondary N) is 2. The van der Waals surface area contributed by atoms with Gasteiger partial charge in [-0.15, -0.1) is 0 Å². The van der Waals surface area contributed by atoms with E-state index in [1.54, 1.807) is 6.07 Å². The Morgan fingerprint density at radius 2 is 2.31 bits per heavy atom. The number of carbonyl (C=O) groups is 3. The fraction of sp³-hybridized carbons (Fsp3) is 0.300. The van der Waals surface area contributed by atoms with Gasteiger partial charge in [-0.1, -0.05) is 0 Å². The van der Waals surface area contributed by atoms with E-state index >= 15 is 0 Å². The normalized spacial score (nSPS) is 20.4. The van der Waals surface area contributed by atoms with Crippen LogP contribution >= 0.6 is 0 Å². The molecule has 1 aliphatic heterocycles. The van der Waals surface area contributed by atoms with Crippen LogP contribution in [0.1, 0.15) is 23.4 Å². The summed E-state index contributed by atoms with van der Waals surface area (Å²) < 4.78 is 4.88. The minimum absolute atomic E-state index is 0.143. The summed E-state index contributed by atoms with van der Waals surface area (Å²) >= 11 is 0. The van der Waals surface area contributed by atoms with Crippen molar-refractivity contribution in [3.63, 3.8) is 0 Å². The van der Waals surface area contributed by atoms with Gasteiger partial charge in [-0.25, -0.2) is 0 Å². The van der Waals surface area contributed by atoms with E-state index in [1.165, 1.54) is 12.3 Å². The van der Waals surface area contributed by atoms with Crippen molar-refractivity contribution in [3.8, 4) is 0 Å². The van der Waals surface area contributed by atoms with Crippen molar-refractivity contribution >= 4 is 17.7 Å². The van der Waals surface area contributed by atoms with Gasteiger partial charge in [0, 0.05) is 6.42 Å². The number of piperidine rings is 1. The minimum atomic E-state index is -0.671. The fourth-order valence-electron chi connectivity index (χ4n) is 1.47. The third kappa shape index (κ3) is 2.10. The van der Waals surface area contributed by atoms with Crippen LogP contribution in [0.3, 0.4) is 0 Å². The Bertz CT molecular complexity index is 424. The van der Waals surface area contributed by atoms with Crippen LogP contribution in [0.25, 0.3) is 0 Å². The Hall–Kier alpha value is -2.11. The SMILES string of the molecule is O=C1CCC(NC(=O)c2ccco2)C(=O)N1. The number of imide groups is 1. The van der Waals surface area contributed by atoms with Gasteiger partial charge >= 0.3 is 0 Å². The molecule has 0 radical (unpaired) electrons. The van der Waals surface area contributed by atoms with Crippen LogP contribution < -0.4 is 10.6 Å². The largest absolute Gasteiger partial charge is 0.459 e. The molecule has 0 aliphatic carbocycles. The van der Waals surface area contributed by atoms with Crippen molar-refractivity contribution in [3.05, 3.63) is 24.2 Å². The van der Waals surface area contributed by atoms with Crippen LogP contribution in [0.15, 0.2) is 22.8 Å². The van der Waals surface area contributed by atoms with Gasteiger partial charge in [0.05, 0.1) is 6.26 Å². The summed E-state index contributed by atoms with van der Waals surface area (Å²) in [4.78, 5) is 33.7. The van der Waals surface area contributed by atoms with Crippen LogP contribution in [0, 0.1) is 0 Å². The summed E-state index contributed by atoms with van der Waals surface area (Å²) in [6.45, 7) is 0. The molecule has 2 rings (SSSR count). The second-order valence-corrected chi connectivity index (χ2v) is 3.45. The zero-order valence-electron chi connectivity index (χ0n) is 8.36. The highest BCUT2D eigenvalue weighted by atomic mass is 16.3. The van der Waals surface area contributed by atoms with Crippen LogP contribution in [0.5, 0.6) is 0 Å². The molecule has 3 amide bonds. The number of hydrogen-bond donors (Lipinski definition) is 2. The van der Waals surface area contributed by atoms with E-state index in [2.05, 4.69) is 10.6 Å². The molecule has 0 saturated carbocycles. The molecule has 1 aliphatic rings. The molecule has 1 aromatic rings. The first kappa shape index (κ1) is 10.4. The van der Waals surface area contributed by atoms with E-state index in [-0.39, 0.29) is 18.1 Å². The van der Waals surface area contributed by atoms with E-state index < -0.39 is 17.9 Å². The Kier molecular flexibility index (Phi) is 2.72. The summed E-state index contributed by atoms with van der Waals surface area (Å²) in [5.41, 5.74) is 0. The number of hydrogen-bond acceptors (Lipinski definition) is 4. The molecule has 1 atom stereocenters. The van der Waals surface area contributed by atoms with E-state index in [4.69, 9.17) is 4.42 Å². The number of furan rings is 1. The summed E-state index contributed by atoms with van der Waals surface area (Å²) in [6.07, 6.45) is 1.92. The summed E-state index contributed by atoms with van der Waals surface area (Å²) in [7, 11) is 0. The van der Waals surface area contributed by atoms with Crippen molar-refractivity contribution in [1.29, 1.82) is 0 Å². The fourth-order valence-corrected chi connectivity index (χ4v) is 1.47. The first-order valence-corrected chi connectivity index (χ1v) is 4.85. The lowest BCUT2D eigenvalue weighted by Crippen LogP contribution is -2.52. The monoisotopic (exact) mass is 222 g/mol. The molecule has 84 valence electrons. The molecule has 2 heterocycles. The molecule has 2 N–H and O–H groups in total. The molecule has 0 spiro atoms. The van der Waals surface area contributed by atoms with Crippen molar-refractivity contribution in [1.82, 2.24) is 10.6 Å². The predicted octanol–water partition coefficient (Wildman–Crippen LogP) is -0.185. The van der Waals surface area contributed by atoms with E-state index in [0.717, 1.165) is 0 Å². The molecule has 0 aromatic carbocycles. The van der Waals surface area contributed by atoms with Gasteiger partial charge < -0.3 is 9.73 Å². The van der Waals surface area contributed by atoms with Crippen LogP contribution in [-0.2, 0) is 9.59 Å². The maximum absolute atomic E-state index is 11.5. The average Bonchev–Trinajstić information content (AvgIpc) is 2.75. The molecule has 1 unspecified atom stereocenters. The van der Waals surface area contributed by atoms with Crippen molar-refractivity contribution in [2.75, 3.05) is 0 Å². The maximum Gasteiger partial charge on any atom is 0.287 e. The van der Waals surface area contributed by atoms with Gasteiger partial charge in [-0.3, -0.25) is 19.7 Å². The molecule has 16 heavy (non-hydrogen) atoms. The lowest BCUT2D eigenvalue weighted by atomic mass is 10.1. The van der Waals surface area contributed by atoms with Crippen molar-refractivity contribution in [2.24, 2.45) is 0 Å². The van der Waals surface area contributed by atoms with E-state index in [1.807, 2.05) is 0 Å². The third-order valence-corrected chi connectivity index (χ3v) is 2.29. The standard InChI is InChI=1S/C10H10N2O4/c13-8-4-3-6(9(14)12-8)11-10(15)7-2-1-5-16-7/h1-2,5-6H,3-4H2,(H,11,15)(H,12,13,14). The molecule has 1 saturated heterocycles. The van der Waals surface area contributed by atoms with Crippen LogP contribution in [0.4, 0.5) is 0 Å². The molecular formula is C10H10N2O4. The molecular weight excluding hydrogens is 212 g/mol. The number of carbonyl (C=O) groups excluding carboxylic acids is 3. The third-order valence-electron chi connectivity index (χ3n) is 2.29. The van der Waals surface area contributed by atoms with E-state index in [9.17, 15) is 14.4 Å². The maximum atomic E-state index is 11.5. The van der Waals surface area contributed by atoms with Gasteiger partial charge in [0.1, 0.15) is 6.04 Å². The van der Waals surface area contributed by atoms with Gasteiger partial charge in [0.2, 0.25) is 11.8 Å². The topological polar surface area (TPSA) is 88.4 Å². The number of rotatable bonds is 2. The first-order chi connectivity index (χ1) is 7.66. The second-order valence-electron chi connectivity index (χ2n) is 3.45. The van der Waals surface area contributed by atoms with Gasteiger partial charge in [-0.2, -0.15) is 0 Å². The average molecular weight is 222 g/mol. The molecule has 6 heteroatoms. The lowest BCUT2D eigenvalue weighted by molar-refractivity contribution is -0.134. The molecule has 1 aromatic heterocycles. The number of amides is 3. The lowest BCUT2D eigenvalue weighted by Gasteiger charge is -2.21. The van der Waals surface area contributed by atoms with Crippen LogP contribution in [-0.4, -0.2) is 23.8 Å². The summed E-state index contributed by atoms with van der Waals surface area (Å²) in [5.74, 6) is -1.10. The quantitative estimate of drug-likeness (QED) is 0.679. The molecule has 1 fully saturated rings. The van der Waals surface area contributed by atoms with Crippen molar-refractivity contribution in [2.45, 2.75) is 18.9 Å². The van der Waals surface area contributed by atoms with Crippen molar-refractivity contribution < 1.29 is 18.8 Å². The van der Waals surface area contributed by atoms with Gasteiger partial charge in [0.25, 0.3) is 5.91 Å². The van der Waals surface area contributed by atoms with E-state index in [0.29, 0.717) is 6.42 Å². The Morgan fingerprint density at radius 1 is 1.50 bits per heavy atom. The minimum Gasteiger partial charge on any atom is -0.459 e. The Morgan fingerprint density at radius 3 is 2.94 bits per heavy atom.